The molecule has 0 aromatic heterocycles. The monoisotopic (exact) mass is 933 g/mol. The van der Waals surface area contributed by atoms with Crippen molar-refractivity contribution in [2.24, 2.45) is 0 Å². The zero-order valence-corrected chi connectivity index (χ0v) is 40.3. The molecule has 2 unspecified atom stereocenters. The molecule has 0 aliphatic heterocycles. The van der Waals surface area contributed by atoms with Gasteiger partial charge in [-0.3, -0.25) is 0 Å². The summed E-state index contributed by atoms with van der Waals surface area (Å²) < 4.78 is -0.166. The van der Waals surface area contributed by atoms with Gasteiger partial charge in [0.25, 0.3) is 0 Å². The van der Waals surface area contributed by atoms with Crippen LogP contribution in [0.5, 0.6) is 0 Å². The van der Waals surface area contributed by atoms with E-state index in [9.17, 15) is 17.0 Å². The van der Waals surface area contributed by atoms with Crippen molar-refractivity contribution in [3.8, 4) is 44.5 Å². The van der Waals surface area contributed by atoms with Crippen molar-refractivity contribution in [3.63, 3.8) is 0 Å². The average molecular weight is 936 g/mol. The molecule has 0 heterocycles. The van der Waals surface area contributed by atoms with Gasteiger partial charge in [0, 0.05) is 0 Å². The normalized spacial score (nSPS) is 16.2. The van der Waals surface area contributed by atoms with E-state index in [4.69, 9.17) is 0 Å². The van der Waals surface area contributed by atoms with Gasteiger partial charge in [0.15, 0.2) is 0 Å². The minimum absolute atomic E-state index is 0.0832. The summed E-state index contributed by atoms with van der Waals surface area (Å²) in [6, 6.07) is 75.5. The molecule has 8 aromatic rings. The maximum absolute atomic E-state index is 9.37. The van der Waals surface area contributed by atoms with Gasteiger partial charge in [-0.15, -0.1) is 0 Å². The summed E-state index contributed by atoms with van der Waals surface area (Å²) in [7, 11) is 18.7. The van der Waals surface area contributed by atoms with E-state index in [0.717, 1.165) is 12.8 Å². The molecule has 2 aliphatic carbocycles. The van der Waals surface area contributed by atoms with Crippen LogP contribution in [0.25, 0.3) is 56.7 Å². The third-order valence-electron chi connectivity index (χ3n) is 13.6. The van der Waals surface area contributed by atoms with Crippen LogP contribution in [0.3, 0.4) is 0 Å². The Kier molecular flexibility index (Phi) is 11.2. The molecule has 0 bridgehead atoms. The first-order valence-electron chi connectivity index (χ1n) is 22.0. The standard InChI is InChI=1S/2C23H19.C12H11Si.2ClH.Zr/c2*1-2-17-15-21-9-6-10-22(23(21)16-17)20-13-11-19(12-14-20)18-7-4-3-5-8-18;1-3-7-11(8-4-1)13-12-9-5-2-6-10-12;;;/h2*3-16H,2H2,1H3;1-10,13H;2*1H;/q;;;;;+2/p-2. The Bertz CT molecular complexity index is 2740. The van der Waals surface area contributed by atoms with E-state index in [-0.39, 0.29) is 7.25 Å². The number of hydrogen-bond acceptors (Lipinski definition) is 0. The minimum atomic E-state index is -5.55. The Balaban J connectivity index is 1.19. The van der Waals surface area contributed by atoms with Crippen LogP contribution in [-0.2, 0) is 15.6 Å². The van der Waals surface area contributed by atoms with Crippen molar-refractivity contribution in [2.75, 3.05) is 0 Å². The fraction of sp³-hybridized carbons (Fsp3) is 0.103. The summed E-state index contributed by atoms with van der Waals surface area (Å²) >= 11 is -5.55. The molecule has 0 radical (unpaired) electrons. The number of benzene rings is 8. The Morgan fingerprint density at radius 2 is 0.694 bits per heavy atom. The van der Waals surface area contributed by atoms with Crippen LogP contribution in [0.4, 0.5) is 0 Å². The van der Waals surface area contributed by atoms with Gasteiger partial charge in [-0.1, -0.05) is 0 Å². The van der Waals surface area contributed by atoms with E-state index in [1.54, 1.807) is 0 Å². The van der Waals surface area contributed by atoms with Crippen LogP contribution in [0.1, 0.15) is 56.2 Å². The fourth-order valence-electron chi connectivity index (χ4n) is 10.9. The van der Waals surface area contributed by atoms with E-state index in [0.29, 0.717) is 0 Å². The number of allylic oxidation sites excluding steroid dienone is 2. The molecule has 8 aromatic carbocycles. The number of hydrogen-bond donors (Lipinski definition) is 0. The number of rotatable bonds is 11. The Labute approximate surface area is 376 Å². The average Bonchev–Trinajstić information content (AvgIpc) is 3.94. The Morgan fingerprint density at radius 1 is 0.371 bits per heavy atom. The van der Waals surface area contributed by atoms with Gasteiger partial charge in [0.1, 0.15) is 0 Å². The molecule has 10 rings (SSSR count). The van der Waals surface area contributed by atoms with Crippen molar-refractivity contribution < 1.29 is 15.6 Å². The Morgan fingerprint density at radius 3 is 1.05 bits per heavy atom. The number of fused-ring (bicyclic) bond motifs is 2. The van der Waals surface area contributed by atoms with Crippen molar-refractivity contribution in [3.05, 3.63) is 240 Å². The van der Waals surface area contributed by atoms with Gasteiger partial charge in [-0.05, 0) is 0 Å². The summed E-state index contributed by atoms with van der Waals surface area (Å²) in [5, 5.41) is 2.64. The predicted molar refractivity (Wildman–Crippen MR) is 268 cm³/mol. The van der Waals surface area contributed by atoms with Gasteiger partial charge >= 0.3 is 379 Å². The molecule has 2 atom stereocenters. The van der Waals surface area contributed by atoms with E-state index in [1.807, 2.05) is 0 Å². The molecule has 0 fully saturated rings. The van der Waals surface area contributed by atoms with E-state index < -0.39 is 21.5 Å². The summed E-state index contributed by atoms with van der Waals surface area (Å²) in [5.74, 6) is -2.43. The van der Waals surface area contributed by atoms with Crippen molar-refractivity contribution in [1.29, 1.82) is 0 Å². The van der Waals surface area contributed by atoms with Crippen molar-refractivity contribution >= 4 is 45.5 Å². The van der Waals surface area contributed by atoms with Gasteiger partial charge in [0.05, 0.1) is 0 Å². The third kappa shape index (κ3) is 7.01. The second-order valence-electron chi connectivity index (χ2n) is 17.0. The molecule has 62 heavy (non-hydrogen) atoms. The first-order valence-corrected chi connectivity index (χ1v) is 37.2. The molecular weight excluding hydrogens is 887 g/mol. The zero-order chi connectivity index (χ0) is 42.3. The van der Waals surface area contributed by atoms with Crippen LogP contribution in [-0.4, -0.2) is 5.92 Å². The molecule has 303 valence electrons. The van der Waals surface area contributed by atoms with Crippen LogP contribution in [0, 0.1) is 0 Å². The molecule has 0 saturated carbocycles. The molecule has 0 saturated heterocycles. The molecule has 0 N–H and O–H groups in total. The Hall–Kier alpha value is -5.08. The quantitative estimate of drug-likeness (QED) is 0.113. The fourth-order valence-corrected chi connectivity index (χ4v) is 61.2. The maximum atomic E-state index is 9.37. The van der Waals surface area contributed by atoms with Crippen LogP contribution in [0.2, 0.25) is 0 Å². The zero-order valence-electron chi connectivity index (χ0n) is 35.2. The SMILES string of the molecule is CCC1=Cc2c(-c3ccc(-c4ccccc4)cc3)cccc2[CH]1[Zr]([Cl])([Cl])([CH]1C(CC)=Cc2c(-c3ccc(-c4ccccc4)cc3)cccc21)[SiH](c1ccccc1)c1ccccc1. The molecule has 2 aliphatic rings. The second-order valence-corrected chi connectivity index (χ2v) is 55.1. The topological polar surface area (TPSA) is 0 Å². The summed E-state index contributed by atoms with van der Waals surface area (Å²) in [6.07, 6.45) is 6.71. The summed E-state index contributed by atoms with van der Waals surface area (Å²) in [6.45, 7) is 4.61. The van der Waals surface area contributed by atoms with Gasteiger partial charge in [-0.2, -0.15) is 0 Å². The first-order chi connectivity index (χ1) is 30.4. The summed E-state index contributed by atoms with van der Waals surface area (Å²) in [4.78, 5) is 0. The number of halogens is 2. The van der Waals surface area contributed by atoms with Crippen molar-refractivity contribution in [1.82, 2.24) is 0 Å². The second kappa shape index (κ2) is 16.9. The molecule has 0 nitrogen and oxygen atoms in total. The van der Waals surface area contributed by atoms with Gasteiger partial charge in [0.2, 0.25) is 0 Å². The predicted octanol–water partition coefficient (Wildman–Crippen LogP) is 15.3. The van der Waals surface area contributed by atoms with Gasteiger partial charge in [-0.25, -0.2) is 0 Å². The van der Waals surface area contributed by atoms with Crippen LogP contribution >= 0.6 is 17.0 Å². The summed E-state index contributed by atoms with van der Waals surface area (Å²) in [5.41, 5.74) is 17.6. The van der Waals surface area contributed by atoms with E-state index in [2.05, 4.69) is 232 Å². The van der Waals surface area contributed by atoms with Crippen LogP contribution < -0.4 is 10.4 Å². The molecule has 4 heteroatoms. The van der Waals surface area contributed by atoms with Crippen molar-refractivity contribution in [2.45, 2.75) is 33.9 Å². The third-order valence-corrected chi connectivity index (χ3v) is 55.5. The van der Waals surface area contributed by atoms with Gasteiger partial charge < -0.3 is 0 Å². The molecule has 0 spiro atoms. The first kappa shape index (κ1) is 41.0. The van der Waals surface area contributed by atoms with Crippen LogP contribution in [0.15, 0.2) is 217 Å². The van der Waals surface area contributed by atoms with E-state index in [1.165, 1.54) is 88.3 Å². The van der Waals surface area contributed by atoms with E-state index >= 15 is 0 Å². The molecule has 0 amide bonds. The molecular formula is C58H49Cl2SiZr.